The van der Waals surface area contributed by atoms with Crippen molar-refractivity contribution in [1.82, 2.24) is 15.8 Å². The van der Waals surface area contributed by atoms with Crippen LogP contribution >= 0.6 is 0 Å². The largest absolute Gasteiger partial charge is 0.481 e. The molecule has 2 rings (SSSR count). The number of nitrogens with zero attached hydrogens (tertiary/aromatic N) is 4. The minimum atomic E-state index is -1.27. The number of anilines is 2. The molecule has 10 heteroatoms. The molecule has 0 saturated carbocycles. The van der Waals surface area contributed by atoms with Crippen LogP contribution in [0.1, 0.15) is 6.42 Å². The molecule has 0 spiro atoms. The van der Waals surface area contributed by atoms with Gasteiger partial charge in [-0.25, -0.2) is 15.2 Å². The lowest BCUT2D eigenvalue weighted by atomic mass is 9.97. The lowest BCUT2D eigenvalue weighted by Crippen LogP contribution is -2.55. The first-order valence-electron chi connectivity index (χ1n) is 4.60. The van der Waals surface area contributed by atoms with E-state index < -0.39 is 18.1 Å². The second kappa shape index (κ2) is 3.90. The topological polar surface area (TPSA) is 150 Å². The maximum atomic E-state index is 10.8. The molecule has 0 aromatic carbocycles. The summed E-state index contributed by atoms with van der Waals surface area (Å²) in [7, 11) is 0. The lowest BCUT2D eigenvalue weighted by molar-refractivity contribution is -0.138. The third kappa shape index (κ3) is 1.73. The van der Waals surface area contributed by atoms with Gasteiger partial charge >= 0.3 is 5.97 Å². The minimum Gasteiger partial charge on any atom is -0.481 e. The molecule has 5 N–H and O–H groups in total. The molecule has 17 heavy (non-hydrogen) atoms. The number of rotatable bonds is 4. The van der Waals surface area contributed by atoms with Gasteiger partial charge in [-0.3, -0.25) is 4.79 Å². The molecular weight excluding hydrogens is 232 g/mol. The van der Waals surface area contributed by atoms with Crippen LogP contribution in [0.3, 0.4) is 0 Å². The molecule has 2 heterocycles. The SMILES string of the molecule is Nc1nonc1N1NN=CC1(CO)CC(=O)O. The highest BCUT2D eigenvalue weighted by Gasteiger charge is 2.43. The van der Waals surface area contributed by atoms with Crippen molar-refractivity contribution in [2.24, 2.45) is 5.10 Å². The van der Waals surface area contributed by atoms with E-state index in [-0.39, 0.29) is 18.1 Å². The number of nitrogens with one attached hydrogen (secondary N) is 1. The van der Waals surface area contributed by atoms with Crippen LogP contribution < -0.4 is 16.3 Å². The highest BCUT2D eigenvalue weighted by atomic mass is 16.6. The van der Waals surface area contributed by atoms with Gasteiger partial charge in [0.15, 0.2) is 0 Å². The Morgan fingerprint density at radius 1 is 1.65 bits per heavy atom. The first-order chi connectivity index (χ1) is 8.09. The van der Waals surface area contributed by atoms with Crippen molar-refractivity contribution in [1.29, 1.82) is 0 Å². The van der Waals surface area contributed by atoms with Gasteiger partial charge < -0.3 is 15.9 Å². The summed E-state index contributed by atoms with van der Waals surface area (Å²) in [4.78, 5) is 10.8. The number of carboxylic acids is 1. The second-order valence-electron chi connectivity index (χ2n) is 3.50. The van der Waals surface area contributed by atoms with Crippen LogP contribution in [0.15, 0.2) is 9.73 Å². The summed E-state index contributed by atoms with van der Waals surface area (Å²) >= 11 is 0. The van der Waals surface area contributed by atoms with Gasteiger partial charge in [0, 0.05) is 0 Å². The van der Waals surface area contributed by atoms with Crippen LogP contribution in [0, 0.1) is 0 Å². The summed E-state index contributed by atoms with van der Waals surface area (Å²) in [6.45, 7) is -0.484. The molecule has 0 amide bonds. The Balaban J connectivity index is 2.34. The van der Waals surface area contributed by atoms with Crippen molar-refractivity contribution in [2.75, 3.05) is 17.3 Å². The average molecular weight is 242 g/mol. The Kier molecular flexibility index (Phi) is 2.55. The van der Waals surface area contributed by atoms with Crippen LogP contribution in [0.25, 0.3) is 0 Å². The number of hydrogen-bond acceptors (Lipinski definition) is 9. The van der Waals surface area contributed by atoms with Crippen molar-refractivity contribution in [2.45, 2.75) is 12.0 Å². The Labute approximate surface area is 94.6 Å². The number of aliphatic hydroxyl groups excluding tert-OH is 1. The molecule has 1 aliphatic rings. The van der Waals surface area contributed by atoms with Gasteiger partial charge in [0.05, 0.1) is 19.2 Å². The van der Waals surface area contributed by atoms with Crippen LogP contribution in [-0.2, 0) is 4.79 Å². The maximum Gasteiger partial charge on any atom is 0.306 e. The Bertz CT molecular complexity index is 459. The molecule has 1 aromatic heterocycles. The molecule has 0 fully saturated rings. The quantitative estimate of drug-likeness (QED) is 0.477. The minimum absolute atomic E-state index is 0.0359. The Morgan fingerprint density at radius 2 is 2.41 bits per heavy atom. The number of nitrogens with two attached hydrogens (primary N) is 1. The summed E-state index contributed by atoms with van der Waals surface area (Å²) in [5.41, 5.74) is 6.71. The summed E-state index contributed by atoms with van der Waals surface area (Å²) in [5.74, 6) is -1.07. The fraction of sp³-hybridized carbons (Fsp3) is 0.429. The highest BCUT2D eigenvalue weighted by molar-refractivity contribution is 5.86. The van der Waals surface area contributed by atoms with Gasteiger partial charge in [0.1, 0.15) is 5.54 Å². The molecule has 0 aliphatic carbocycles. The van der Waals surface area contributed by atoms with E-state index >= 15 is 0 Å². The van der Waals surface area contributed by atoms with Crippen LogP contribution in [-0.4, -0.2) is 44.9 Å². The molecule has 1 unspecified atom stereocenters. The highest BCUT2D eigenvalue weighted by Crippen LogP contribution is 2.28. The van der Waals surface area contributed by atoms with Gasteiger partial charge in [-0.1, -0.05) is 0 Å². The van der Waals surface area contributed by atoms with E-state index in [0.29, 0.717) is 0 Å². The summed E-state index contributed by atoms with van der Waals surface area (Å²) in [6.07, 6.45) is 0.890. The van der Waals surface area contributed by atoms with E-state index in [1.165, 1.54) is 11.2 Å². The van der Waals surface area contributed by atoms with E-state index in [0.717, 1.165) is 0 Å². The van der Waals surface area contributed by atoms with Crippen molar-refractivity contribution >= 4 is 23.8 Å². The van der Waals surface area contributed by atoms with E-state index in [1.807, 2.05) is 0 Å². The predicted octanol–water partition coefficient (Wildman–Crippen LogP) is -1.83. The van der Waals surface area contributed by atoms with Crippen molar-refractivity contribution < 1.29 is 19.6 Å². The molecule has 0 radical (unpaired) electrons. The third-order valence-electron chi connectivity index (χ3n) is 2.35. The van der Waals surface area contributed by atoms with E-state index in [2.05, 4.69) is 25.6 Å². The number of carboxylic acid groups (broad SMARTS) is 1. The molecule has 1 atom stereocenters. The molecule has 10 nitrogen and oxygen atoms in total. The zero-order valence-electron chi connectivity index (χ0n) is 8.57. The number of aliphatic hydroxyl groups is 1. The van der Waals surface area contributed by atoms with Crippen molar-refractivity contribution in [3.63, 3.8) is 0 Å². The van der Waals surface area contributed by atoms with E-state index in [1.54, 1.807) is 0 Å². The molecular formula is C7H10N6O4. The maximum absolute atomic E-state index is 10.8. The number of aromatic nitrogens is 2. The molecule has 1 aromatic rings. The van der Waals surface area contributed by atoms with Gasteiger partial charge in [-0.15, -0.1) is 0 Å². The van der Waals surface area contributed by atoms with Crippen LogP contribution in [0.4, 0.5) is 11.6 Å². The second-order valence-corrected chi connectivity index (χ2v) is 3.50. The van der Waals surface area contributed by atoms with Crippen molar-refractivity contribution in [3.05, 3.63) is 0 Å². The number of hydrazine groups is 1. The summed E-state index contributed by atoms with van der Waals surface area (Å²) in [6, 6.07) is 0. The number of hydrazone groups is 1. The summed E-state index contributed by atoms with van der Waals surface area (Å²) in [5, 5.41) is 30.0. The number of aliphatic carboxylic acids is 1. The number of hydrogen-bond donors (Lipinski definition) is 4. The molecule has 0 saturated heterocycles. The first-order valence-corrected chi connectivity index (χ1v) is 4.60. The van der Waals surface area contributed by atoms with Crippen LogP contribution in [0.5, 0.6) is 0 Å². The monoisotopic (exact) mass is 242 g/mol. The smallest absolute Gasteiger partial charge is 0.306 e. The van der Waals surface area contributed by atoms with Crippen molar-refractivity contribution in [3.8, 4) is 0 Å². The Hall–Kier alpha value is -2.36. The fourth-order valence-electron chi connectivity index (χ4n) is 1.52. The van der Waals surface area contributed by atoms with Gasteiger partial charge in [0.25, 0.3) is 0 Å². The fourth-order valence-corrected chi connectivity index (χ4v) is 1.52. The van der Waals surface area contributed by atoms with E-state index in [4.69, 9.17) is 10.8 Å². The Morgan fingerprint density at radius 3 is 2.94 bits per heavy atom. The standard InChI is InChI=1S/C7H10N6O4/c8-5-6(11-17-10-5)13-7(3-14,1-4(15)16)2-9-12-13/h2,12,14H,1,3H2,(H2,8,10)(H,15,16). The molecule has 1 aliphatic heterocycles. The average Bonchev–Trinajstić information content (AvgIpc) is 2.84. The van der Waals surface area contributed by atoms with Crippen LogP contribution in [0.2, 0.25) is 0 Å². The van der Waals surface area contributed by atoms with Gasteiger partial charge in [-0.2, -0.15) is 5.10 Å². The number of nitrogen functional groups attached to an aromatic ring is 1. The number of carbonyl (C=O) groups is 1. The summed E-state index contributed by atoms with van der Waals surface area (Å²) < 4.78 is 4.41. The van der Waals surface area contributed by atoms with E-state index in [9.17, 15) is 9.90 Å². The molecule has 0 bridgehead atoms. The zero-order chi connectivity index (χ0) is 12.5. The zero-order valence-corrected chi connectivity index (χ0v) is 8.57. The van der Waals surface area contributed by atoms with Gasteiger partial charge in [0.2, 0.25) is 11.6 Å². The first kappa shape index (κ1) is 11.1. The van der Waals surface area contributed by atoms with Gasteiger partial charge in [-0.05, 0) is 10.3 Å². The lowest BCUT2D eigenvalue weighted by Gasteiger charge is -2.31. The normalized spacial score (nSPS) is 22.8. The third-order valence-corrected chi connectivity index (χ3v) is 2.35. The predicted molar refractivity (Wildman–Crippen MR) is 54.9 cm³/mol. The molecule has 92 valence electrons.